The molecule has 4 rings (SSSR count). The van der Waals surface area contributed by atoms with Gasteiger partial charge in [0.2, 0.25) is 5.91 Å². The predicted octanol–water partition coefficient (Wildman–Crippen LogP) is 3.73. The number of benzene rings is 1. The molecule has 0 radical (unpaired) electrons. The van der Waals surface area contributed by atoms with E-state index in [1.807, 2.05) is 43.3 Å². The summed E-state index contributed by atoms with van der Waals surface area (Å²) in [5, 5.41) is 0. The summed E-state index contributed by atoms with van der Waals surface area (Å²) < 4.78 is 10.6. The number of carbonyl (C=O) groups excluding carboxylic acids is 3. The molecular weight excluding hydrogens is 420 g/mol. The average Bonchev–Trinajstić information content (AvgIpc) is 3.34. The molecule has 2 aliphatic heterocycles. The largest absolute Gasteiger partial charge is 0.467 e. The molecule has 7 heteroatoms. The number of nitrogens with zero attached hydrogens (tertiary/aromatic N) is 2. The summed E-state index contributed by atoms with van der Waals surface area (Å²) in [5.41, 5.74) is 1.54. The lowest BCUT2D eigenvalue weighted by atomic mass is 9.83. The topological polar surface area (TPSA) is 80.1 Å². The number of likely N-dealkylation sites (tertiary alicyclic amines) is 1. The molecule has 2 aliphatic rings. The number of carbonyl (C=O) groups is 3. The van der Waals surface area contributed by atoms with E-state index in [0.717, 1.165) is 5.56 Å². The van der Waals surface area contributed by atoms with Gasteiger partial charge in [0, 0.05) is 11.8 Å². The summed E-state index contributed by atoms with van der Waals surface area (Å²) in [4.78, 5) is 43.0. The standard InChI is InChI=1S/C26H30N2O5/c1-3-32-26(31)20-11-13-27(14-12-20)24(19-8-5-4-6-9-19)23-22(29)16-18(2)28(25(23)30)17-21-10-7-15-33-21/h4-10,15-16,20,23-24H,3,11-14,17H2,1-2H3. The Morgan fingerprint density at radius 1 is 1.12 bits per heavy atom. The van der Waals surface area contributed by atoms with Crippen molar-refractivity contribution >= 4 is 17.7 Å². The lowest BCUT2D eigenvalue weighted by Crippen LogP contribution is -2.50. The molecule has 0 aliphatic carbocycles. The highest BCUT2D eigenvalue weighted by atomic mass is 16.5. The lowest BCUT2D eigenvalue weighted by molar-refractivity contribution is -0.151. The number of furan rings is 1. The fourth-order valence-electron chi connectivity index (χ4n) is 4.83. The van der Waals surface area contributed by atoms with Crippen LogP contribution in [0.25, 0.3) is 0 Å². The fraction of sp³-hybridized carbons (Fsp3) is 0.423. The Morgan fingerprint density at radius 3 is 2.48 bits per heavy atom. The van der Waals surface area contributed by atoms with Crippen molar-refractivity contribution in [3.63, 3.8) is 0 Å². The summed E-state index contributed by atoms with van der Waals surface area (Å²) in [6, 6.07) is 12.9. The van der Waals surface area contributed by atoms with Crippen LogP contribution in [0.4, 0.5) is 0 Å². The molecule has 2 unspecified atom stereocenters. The van der Waals surface area contributed by atoms with Crippen LogP contribution in [-0.4, -0.2) is 47.2 Å². The van der Waals surface area contributed by atoms with Gasteiger partial charge in [-0.1, -0.05) is 30.3 Å². The van der Waals surface area contributed by atoms with Gasteiger partial charge in [-0.25, -0.2) is 0 Å². The number of ether oxygens (including phenoxy) is 1. The molecule has 0 saturated carbocycles. The summed E-state index contributed by atoms with van der Waals surface area (Å²) in [6.07, 6.45) is 4.42. The van der Waals surface area contributed by atoms with Crippen LogP contribution in [0.3, 0.4) is 0 Å². The zero-order valence-electron chi connectivity index (χ0n) is 19.1. The first-order chi connectivity index (χ1) is 16.0. The lowest BCUT2D eigenvalue weighted by Gasteiger charge is -2.42. The second-order valence-corrected chi connectivity index (χ2v) is 8.59. The van der Waals surface area contributed by atoms with Gasteiger partial charge in [-0.15, -0.1) is 0 Å². The van der Waals surface area contributed by atoms with Crippen LogP contribution >= 0.6 is 0 Å². The Morgan fingerprint density at radius 2 is 1.85 bits per heavy atom. The van der Waals surface area contributed by atoms with E-state index in [9.17, 15) is 14.4 Å². The van der Waals surface area contributed by atoms with Crippen LogP contribution in [0.15, 0.2) is 64.9 Å². The number of amides is 1. The molecule has 33 heavy (non-hydrogen) atoms. The summed E-state index contributed by atoms with van der Waals surface area (Å²) in [6.45, 7) is 5.46. The van der Waals surface area contributed by atoms with E-state index in [-0.39, 0.29) is 30.1 Å². The van der Waals surface area contributed by atoms with Crippen LogP contribution in [0, 0.1) is 11.8 Å². The Hall–Kier alpha value is -3.19. The average molecular weight is 451 g/mol. The first kappa shape index (κ1) is 23.0. The molecule has 7 nitrogen and oxygen atoms in total. The van der Waals surface area contributed by atoms with Gasteiger partial charge in [0.1, 0.15) is 11.7 Å². The summed E-state index contributed by atoms with van der Waals surface area (Å²) in [5.74, 6) is -0.914. The minimum absolute atomic E-state index is 0.145. The van der Waals surface area contributed by atoms with Crippen LogP contribution in [0.2, 0.25) is 0 Å². The maximum Gasteiger partial charge on any atom is 0.309 e. The van der Waals surface area contributed by atoms with E-state index in [2.05, 4.69) is 4.90 Å². The van der Waals surface area contributed by atoms with Crippen molar-refractivity contribution in [2.45, 2.75) is 39.3 Å². The summed E-state index contributed by atoms with van der Waals surface area (Å²) in [7, 11) is 0. The highest BCUT2D eigenvalue weighted by Gasteiger charge is 2.44. The zero-order valence-corrected chi connectivity index (χ0v) is 19.1. The fourth-order valence-corrected chi connectivity index (χ4v) is 4.83. The molecule has 1 fully saturated rings. The molecule has 1 amide bonds. The van der Waals surface area contributed by atoms with Gasteiger partial charge >= 0.3 is 5.97 Å². The molecule has 1 aromatic carbocycles. The van der Waals surface area contributed by atoms with Crippen molar-refractivity contribution in [2.24, 2.45) is 11.8 Å². The molecule has 174 valence electrons. The minimum Gasteiger partial charge on any atom is -0.467 e. The van der Waals surface area contributed by atoms with Gasteiger partial charge < -0.3 is 14.1 Å². The van der Waals surface area contributed by atoms with Crippen molar-refractivity contribution in [2.75, 3.05) is 19.7 Å². The van der Waals surface area contributed by atoms with Gasteiger partial charge in [0.05, 0.1) is 31.4 Å². The van der Waals surface area contributed by atoms with Gasteiger partial charge in [-0.2, -0.15) is 0 Å². The summed E-state index contributed by atoms with van der Waals surface area (Å²) >= 11 is 0. The second kappa shape index (κ2) is 10.2. The van der Waals surface area contributed by atoms with Crippen molar-refractivity contribution in [1.82, 2.24) is 9.80 Å². The SMILES string of the molecule is CCOC(=O)C1CCN(C(c2ccccc2)C2C(=O)C=C(C)N(Cc3ccco3)C2=O)CC1. The highest BCUT2D eigenvalue weighted by molar-refractivity contribution is 6.10. The van der Waals surface area contributed by atoms with E-state index >= 15 is 0 Å². The van der Waals surface area contributed by atoms with E-state index in [4.69, 9.17) is 9.15 Å². The van der Waals surface area contributed by atoms with E-state index in [1.165, 1.54) is 0 Å². The highest BCUT2D eigenvalue weighted by Crippen LogP contribution is 2.37. The third-order valence-corrected chi connectivity index (χ3v) is 6.51. The Balaban J connectivity index is 1.61. The molecule has 1 saturated heterocycles. The van der Waals surface area contributed by atoms with Crippen LogP contribution in [0.1, 0.15) is 44.1 Å². The Kier molecular flexibility index (Phi) is 7.08. The molecule has 2 aromatic rings. The van der Waals surface area contributed by atoms with Crippen molar-refractivity contribution in [3.05, 3.63) is 71.8 Å². The molecule has 1 aromatic heterocycles. The van der Waals surface area contributed by atoms with E-state index < -0.39 is 12.0 Å². The smallest absolute Gasteiger partial charge is 0.309 e. The number of hydrogen-bond acceptors (Lipinski definition) is 6. The molecule has 3 heterocycles. The maximum absolute atomic E-state index is 13.7. The van der Waals surface area contributed by atoms with Crippen molar-refractivity contribution in [3.8, 4) is 0 Å². The first-order valence-electron chi connectivity index (χ1n) is 11.5. The Labute approximate surface area is 194 Å². The monoisotopic (exact) mass is 450 g/mol. The zero-order chi connectivity index (χ0) is 23.4. The van der Waals surface area contributed by atoms with Crippen LogP contribution < -0.4 is 0 Å². The van der Waals surface area contributed by atoms with Gasteiger partial charge in [0.15, 0.2) is 5.78 Å². The van der Waals surface area contributed by atoms with E-state index in [1.54, 1.807) is 30.2 Å². The number of hydrogen-bond donors (Lipinski definition) is 0. The number of esters is 1. The van der Waals surface area contributed by atoms with Crippen molar-refractivity contribution in [1.29, 1.82) is 0 Å². The number of allylic oxidation sites excluding steroid dienone is 2. The third kappa shape index (κ3) is 4.93. The third-order valence-electron chi connectivity index (χ3n) is 6.51. The molecule has 2 atom stereocenters. The normalized spacial score (nSPS) is 21.1. The number of rotatable bonds is 7. The quantitative estimate of drug-likeness (QED) is 0.472. The van der Waals surface area contributed by atoms with Crippen molar-refractivity contribution < 1.29 is 23.5 Å². The predicted molar refractivity (Wildman–Crippen MR) is 122 cm³/mol. The number of ketones is 1. The Bertz CT molecular complexity index is 1010. The second-order valence-electron chi connectivity index (χ2n) is 8.59. The molecular formula is C26H30N2O5. The molecule has 0 bridgehead atoms. The first-order valence-corrected chi connectivity index (χ1v) is 11.5. The van der Waals surface area contributed by atoms with Crippen LogP contribution in [-0.2, 0) is 25.7 Å². The maximum atomic E-state index is 13.7. The molecule has 0 spiro atoms. The van der Waals surface area contributed by atoms with Gasteiger partial charge in [-0.3, -0.25) is 19.3 Å². The molecule has 0 N–H and O–H groups in total. The number of piperidine rings is 1. The van der Waals surface area contributed by atoms with E-state index in [0.29, 0.717) is 44.0 Å². The van der Waals surface area contributed by atoms with Gasteiger partial charge in [-0.05, 0) is 57.5 Å². The minimum atomic E-state index is -0.856. The van der Waals surface area contributed by atoms with Gasteiger partial charge in [0.25, 0.3) is 0 Å². The van der Waals surface area contributed by atoms with Crippen LogP contribution in [0.5, 0.6) is 0 Å².